The van der Waals surface area contributed by atoms with E-state index in [2.05, 4.69) is 15.9 Å². The highest BCUT2D eigenvalue weighted by Crippen LogP contribution is 2.31. The Morgan fingerprint density at radius 2 is 1.72 bits per heavy atom. The highest BCUT2D eigenvalue weighted by Gasteiger charge is 2.11. The van der Waals surface area contributed by atoms with Gasteiger partial charge < -0.3 is 0 Å². The first kappa shape index (κ1) is 12.8. The molecule has 0 heterocycles. The van der Waals surface area contributed by atoms with Crippen LogP contribution in [-0.2, 0) is 0 Å². The molecule has 0 aliphatic rings. The number of benzene rings is 2. The molecular weight excluding hydrogens is 294 g/mol. The summed E-state index contributed by atoms with van der Waals surface area (Å²) in [6.07, 6.45) is 0. The molecule has 0 bridgehead atoms. The zero-order chi connectivity index (χ0) is 13.3. The number of hydrogen-bond donors (Lipinski definition) is 0. The lowest BCUT2D eigenvalue weighted by Crippen LogP contribution is -1.91. The van der Waals surface area contributed by atoms with Crippen LogP contribution in [0.25, 0.3) is 11.1 Å². The second-order valence-corrected chi connectivity index (χ2v) is 5.13. The van der Waals surface area contributed by atoms with Crippen LogP contribution in [-0.4, -0.2) is 4.92 Å². The van der Waals surface area contributed by atoms with Gasteiger partial charge in [0.25, 0.3) is 5.69 Å². The third-order valence-electron chi connectivity index (χ3n) is 2.91. The second kappa shape index (κ2) is 4.90. The zero-order valence-electron chi connectivity index (χ0n) is 10.1. The van der Waals surface area contributed by atoms with Gasteiger partial charge in [-0.05, 0) is 54.3 Å². The summed E-state index contributed by atoms with van der Waals surface area (Å²) >= 11 is 3.45. The smallest absolute Gasteiger partial charge is 0.258 e. The molecule has 2 aromatic carbocycles. The molecule has 0 atom stereocenters. The molecule has 3 nitrogen and oxygen atoms in total. The average molecular weight is 306 g/mol. The average Bonchev–Trinajstić information content (AvgIpc) is 2.32. The van der Waals surface area contributed by atoms with Gasteiger partial charge in [-0.1, -0.05) is 22.0 Å². The van der Waals surface area contributed by atoms with Crippen molar-refractivity contribution in [1.29, 1.82) is 0 Å². The number of nitro benzene ring substituents is 1. The fourth-order valence-corrected chi connectivity index (χ4v) is 2.31. The number of aryl methyl sites for hydroxylation is 2. The van der Waals surface area contributed by atoms with Crippen molar-refractivity contribution < 1.29 is 4.92 Å². The van der Waals surface area contributed by atoms with Crippen molar-refractivity contribution >= 4 is 21.6 Å². The van der Waals surface area contributed by atoms with Crippen LogP contribution in [0.3, 0.4) is 0 Å². The Labute approximate surface area is 114 Å². The van der Waals surface area contributed by atoms with Crippen molar-refractivity contribution in [2.24, 2.45) is 0 Å². The number of halogens is 1. The summed E-state index contributed by atoms with van der Waals surface area (Å²) < 4.78 is 1.00. The Kier molecular flexibility index (Phi) is 3.48. The molecular formula is C14H12BrNO2. The van der Waals surface area contributed by atoms with E-state index in [1.807, 2.05) is 38.1 Å². The van der Waals surface area contributed by atoms with E-state index in [1.165, 1.54) is 0 Å². The van der Waals surface area contributed by atoms with E-state index in [9.17, 15) is 10.1 Å². The topological polar surface area (TPSA) is 43.1 Å². The van der Waals surface area contributed by atoms with E-state index in [4.69, 9.17) is 0 Å². The van der Waals surface area contributed by atoms with Crippen molar-refractivity contribution in [3.05, 3.63) is 62.1 Å². The second-order valence-electron chi connectivity index (χ2n) is 4.22. The van der Waals surface area contributed by atoms with E-state index in [0.29, 0.717) is 0 Å². The number of hydrogen-bond acceptors (Lipinski definition) is 2. The Balaban J connectivity index is 2.58. The predicted octanol–water partition coefficient (Wildman–Crippen LogP) is 4.64. The predicted molar refractivity (Wildman–Crippen MR) is 75.7 cm³/mol. The summed E-state index contributed by atoms with van der Waals surface area (Å²) in [5, 5.41) is 10.7. The molecule has 0 aromatic heterocycles. The van der Waals surface area contributed by atoms with Gasteiger partial charge in [0.05, 0.1) is 4.92 Å². The van der Waals surface area contributed by atoms with Gasteiger partial charge in [0.2, 0.25) is 0 Å². The minimum Gasteiger partial charge on any atom is -0.258 e. The van der Waals surface area contributed by atoms with E-state index >= 15 is 0 Å². The normalized spacial score (nSPS) is 10.4. The van der Waals surface area contributed by atoms with Crippen molar-refractivity contribution in [3.63, 3.8) is 0 Å². The van der Waals surface area contributed by atoms with Crippen LogP contribution < -0.4 is 0 Å². The van der Waals surface area contributed by atoms with Crippen molar-refractivity contribution in [1.82, 2.24) is 0 Å². The Bertz CT molecular complexity index is 623. The molecule has 4 heteroatoms. The van der Waals surface area contributed by atoms with E-state index in [-0.39, 0.29) is 10.6 Å². The van der Waals surface area contributed by atoms with Gasteiger partial charge in [-0.3, -0.25) is 10.1 Å². The van der Waals surface area contributed by atoms with Gasteiger partial charge in [-0.25, -0.2) is 0 Å². The van der Waals surface area contributed by atoms with Crippen molar-refractivity contribution in [2.75, 3.05) is 0 Å². The van der Waals surface area contributed by atoms with Gasteiger partial charge in [0.1, 0.15) is 0 Å². The quantitative estimate of drug-likeness (QED) is 0.599. The monoisotopic (exact) mass is 305 g/mol. The molecule has 18 heavy (non-hydrogen) atoms. The van der Waals surface area contributed by atoms with Crippen LogP contribution >= 0.6 is 15.9 Å². The van der Waals surface area contributed by atoms with Crippen LogP contribution in [0.15, 0.2) is 40.9 Å². The first-order valence-corrected chi connectivity index (χ1v) is 6.30. The molecule has 0 amide bonds. The number of non-ortho nitro benzene ring substituents is 1. The maximum absolute atomic E-state index is 10.7. The van der Waals surface area contributed by atoms with Crippen LogP contribution in [0.5, 0.6) is 0 Å². The van der Waals surface area contributed by atoms with Gasteiger partial charge >= 0.3 is 0 Å². The van der Waals surface area contributed by atoms with Crippen LogP contribution in [0.4, 0.5) is 5.69 Å². The van der Waals surface area contributed by atoms with Gasteiger partial charge in [-0.2, -0.15) is 0 Å². The third kappa shape index (κ3) is 2.43. The van der Waals surface area contributed by atoms with Crippen LogP contribution in [0.2, 0.25) is 0 Å². The number of nitro groups is 1. The number of rotatable bonds is 2. The minimum atomic E-state index is -0.370. The summed E-state index contributed by atoms with van der Waals surface area (Å²) in [5.74, 6) is 0. The van der Waals surface area contributed by atoms with Gasteiger partial charge in [0.15, 0.2) is 0 Å². The molecule has 0 aliphatic carbocycles. The largest absolute Gasteiger partial charge is 0.269 e. The van der Waals surface area contributed by atoms with E-state index in [0.717, 1.165) is 26.7 Å². The molecule has 0 unspecified atom stereocenters. The standard InChI is InChI=1S/C14H12BrNO2/c1-9-3-4-11(15)8-14(9)13-6-5-12(16(17)18)7-10(13)2/h3-8H,1-2H3. The molecule has 0 saturated heterocycles. The summed E-state index contributed by atoms with van der Waals surface area (Å²) in [5.41, 5.74) is 4.31. The SMILES string of the molecule is Cc1cc([N+](=O)[O-])ccc1-c1cc(Br)ccc1C. The Morgan fingerprint density at radius 1 is 1.00 bits per heavy atom. The zero-order valence-corrected chi connectivity index (χ0v) is 11.7. The first-order valence-electron chi connectivity index (χ1n) is 5.50. The molecule has 92 valence electrons. The molecule has 0 spiro atoms. The molecule has 0 saturated carbocycles. The molecule has 0 N–H and O–H groups in total. The highest BCUT2D eigenvalue weighted by atomic mass is 79.9. The molecule has 0 aliphatic heterocycles. The Morgan fingerprint density at radius 3 is 2.33 bits per heavy atom. The molecule has 2 aromatic rings. The first-order chi connectivity index (χ1) is 8.49. The molecule has 2 rings (SSSR count). The lowest BCUT2D eigenvalue weighted by Gasteiger charge is -2.09. The molecule has 0 radical (unpaired) electrons. The Hall–Kier alpha value is -1.68. The lowest BCUT2D eigenvalue weighted by molar-refractivity contribution is -0.384. The summed E-state index contributed by atoms with van der Waals surface area (Å²) in [6, 6.07) is 11.0. The van der Waals surface area contributed by atoms with Crippen LogP contribution in [0, 0.1) is 24.0 Å². The lowest BCUT2D eigenvalue weighted by atomic mass is 9.96. The van der Waals surface area contributed by atoms with Crippen molar-refractivity contribution in [3.8, 4) is 11.1 Å². The minimum absolute atomic E-state index is 0.129. The fourth-order valence-electron chi connectivity index (χ4n) is 1.95. The number of nitrogens with zero attached hydrogens (tertiary/aromatic N) is 1. The molecule has 0 fully saturated rings. The van der Waals surface area contributed by atoms with Gasteiger partial charge in [0, 0.05) is 16.6 Å². The highest BCUT2D eigenvalue weighted by molar-refractivity contribution is 9.10. The summed E-state index contributed by atoms with van der Waals surface area (Å²) in [7, 11) is 0. The van der Waals surface area contributed by atoms with E-state index in [1.54, 1.807) is 12.1 Å². The van der Waals surface area contributed by atoms with Gasteiger partial charge in [-0.15, -0.1) is 0 Å². The van der Waals surface area contributed by atoms with E-state index < -0.39 is 0 Å². The third-order valence-corrected chi connectivity index (χ3v) is 3.40. The van der Waals surface area contributed by atoms with Crippen molar-refractivity contribution in [2.45, 2.75) is 13.8 Å². The van der Waals surface area contributed by atoms with Crippen LogP contribution in [0.1, 0.15) is 11.1 Å². The summed E-state index contributed by atoms with van der Waals surface area (Å²) in [6.45, 7) is 3.92. The fraction of sp³-hybridized carbons (Fsp3) is 0.143. The maximum Gasteiger partial charge on any atom is 0.269 e. The maximum atomic E-state index is 10.7. The summed E-state index contributed by atoms with van der Waals surface area (Å²) in [4.78, 5) is 10.3.